The van der Waals surface area contributed by atoms with E-state index in [2.05, 4.69) is 15.9 Å². The fourth-order valence-electron chi connectivity index (χ4n) is 1.83. The van der Waals surface area contributed by atoms with E-state index in [0.717, 1.165) is 28.4 Å². The summed E-state index contributed by atoms with van der Waals surface area (Å²) in [6.45, 7) is 2.59. The summed E-state index contributed by atoms with van der Waals surface area (Å²) in [5.41, 5.74) is 7.84. The van der Waals surface area contributed by atoms with Gasteiger partial charge >= 0.3 is 0 Å². The van der Waals surface area contributed by atoms with Crippen LogP contribution in [0.3, 0.4) is 0 Å². The smallest absolute Gasteiger partial charge is 0.133 e. The molecule has 0 bridgehead atoms. The molecule has 2 nitrogen and oxygen atoms in total. The Balaban J connectivity index is 2.50. The maximum absolute atomic E-state index is 9.98. The molecule has 0 amide bonds. The van der Waals surface area contributed by atoms with Gasteiger partial charge in [-0.15, -0.1) is 0 Å². The zero-order valence-corrected chi connectivity index (χ0v) is 9.76. The van der Waals surface area contributed by atoms with Crippen molar-refractivity contribution in [1.82, 2.24) is 0 Å². The van der Waals surface area contributed by atoms with Crippen molar-refractivity contribution in [3.8, 4) is 5.75 Å². The Kier molecular flexibility index (Phi) is 2.32. The van der Waals surface area contributed by atoms with Crippen molar-refractivity contribution in [2.45, 2.75) is 25.2 Å². The number of phenols is 1. The molecule has 0 aromatic heterocycles. The van der Waals surface area contributed by atoms with Crippen LogP contribution in [-0.2, 0) is 5.41 Å². The summed E-state index contributed by atoms with van der Waals surface area (Å²) in [5.74, 6) is 0.368. The van der Waals surface area contributed by atoms with Crippen molar-refractivity contribution >= 4 is 15.9 Å². The largest absolute Gasteiger partial charge is 0.506 e. The minimum Gasteiger partial charge on any atom is -0.506 e. The number of aryl methyl sites for hydroxylation is 1. The number of hydrogen-bond donors (Lipinski definition) is 2. The zero-order valence-electron chi connectivity index (χ0n) is 8.18. The number of nitrogens with two attached hydrogens (primary N) is 1. The van der Waals surface area contributed by atoms with Crippen LogP contribution in [0.15, 0.2) is 16.6 Å². The number of hydrogen-bond acceptors (Lipinski definition) is 2. The molecule has 14 heavy (non-hydrogen) atoms. The van der Waals surface area contributed by atoms with E-state index in [-0.39, 0.29) is 5.41 Å². The topological polar surface area (TPSA) is 46.2 Å². The summed E-state index contributed by atoms with van der Waals surface area (Å²) < 4.78 is 0.801. The summed E-state index contributed by atoms with van der Waals surface area (Å²) in [7, 11) is 0. The fraction of sp³-hybridized carbons (Fsp3) is 0.455. The van der Waals surface area contributed by atoms with Crippen LogP contribution in [0.2, 0.25) is 0 Å². The van der Waals surface area contributed by atoms with Gasteiger partial charge in [0.15, 0.2) is 0 Å². The highest BCUT2D eigenvalue weighted by Gasteiger charge is 2.44. The average Bonchev–Trinajstić information content (AvgIpc) is 2.95. The third-order valence-electron chi connectivity index (χ3n) is 3.12. The summed E-state index contributed by atoms with van der Waals surface area (Å²) in [5, 5.41) is 9.98. The summed E-state index contributed by atoms with van der Waals surface area (Å²) in [6.07, 6.45) is 2.18. The van der Waals surface area contributed by atoms with Gasteiger partial charge < -0.3 is 10.8 Å². The lowest BCUT2D eigenvalue weighted by Crippen LogP contribution is -2.19. The Morgan fingerprint density at radius 3 is 2.64 bits per heavy atom. The van der Waals surface area contributed by atoms with E-state index in [1.807, 2.05) is 19.1 Å². The molecular weight excluding hydrogens is 242 g/mol. The van der Waals surface area contributed by atoms with E-state index >= 15 is 0 Å². The highest BCUT2D eigenvalue weighted by Crippen LogP contribution is 2.51. The van der Waals surface area contributed by atoms with Gasteiger partial charge in [0.05, 0.1) is 4.47 Å². The molecule has 0 saturated heterocycles. The van der Waals surface area contributed by atoms with Gasteiger partial charge in [0, 0.05) is 17.5 Å². The van der Waals surface area contributed by atoms with Crippen LogP contribution in [0.25, 0.3) is 0 Å². The third-order valence-corrected chi connectivity index (χ3v) is 4.13. The number of benzene rings is 1. The van der Waals surface area contributed by atoms with Gasteiger partial charge in [-0.05, 0) is 41.3 Å². The van der Waals surface area contributed by atoms with Crippen LogP contribution in [0.5, 0.6) is 5.75 Å². The van der Waals surface area contributed by atoms with Crippen molar-refractivity contribution in [3.63, 3.8) is 0 Å². The summed E-state index contributed by atoms with van der Waals surface area (Å²) >= 11 is 3.39. The number of aromatic hydroxyl groups is 1. The van der Waals surface area contributed by atoms with Gasteiger partial charge in [0.25, 0.3) is 0 Å². The van der Waals surface area contributed by atoms with Gasteiger partial charge in [-0.25, -0.2) is 0 Å². The molecular formula is C11H14BrNO. The lowest BCUT2D eigenvalue weighted by atomic mass is 9.94. The number of phenolic OH excluding ortho intramolecular Hbond substituents is 1. The van der Waals surface area contributed by atoms with Crippen LogP contribution in [0, 0.1) is 6.92 Å². The van der Waals surface area contributed by atoms with Crippen molar-refractivity contribution in [2.24, 2.45) is 5.73 Å². The van der Waals surface area contributed by atoms with Gasteiger partial charge in [-0.2, -0.15) is 0 Å². The van der Waals surface area contributed by atoms with Crippen LogP contribution < -0.4 is 5.73 Å². The lowest BCUT2D eigenvalue weighted by molar-refractivity contribution is 0.455. The van der Waals surface area contributed by atoms with Crippen molar-refractivity contribution in [2.75, 3.05) is 6.54 Å². The molecule has 1 aliphatic carbocycles. The summed E-state index contributed by atoms with van der Waals surface area (Å²) in [6, 6.07) is 4.02. The lowest BCUT2D eigenvalue weighted by Gasteiger charge is -2.16. The SMILES string of the molecule is Cc1ccc(C2(CN)CC2)c(O)c1Br. The first-order valence-electron chi connectivity index (χ1n) is 4.79. The Hall–Kier alpha value is -0.540. The Labute approximate surface area is 92.3 Å². The second-order valence-corrected chi connectivity index (χ2v) is 4.87. The maximum Gasteiger partial charge on any atom is 0.133 e. The standard InChI is InChI=1S/C11H14BrNO/c1-7-2-3-8(10(14)9(7)12)11(6-13)4-5-11/h2-3,14H,4-6,13H2,1H3. The normalized spacial score (nSPS) is 18.2. The van der Waals surface area contributed by atoms with E-state index in [4.69, 9.17) is 5.73 Å². The average molecular weight is 256 g/mol. The van der Waals surface area contributed by atoms with E-state index in [1.165, 1.54) is 0 Å². The molecule has 0 heterocycles. The molecule has 3 heteroatoms. The van der Waals surface area contributed by atoms with Crippen LogP contribution in [0.1, 0.15) is 24.0 Å². The monoisotopic (exact) mass is 255 g/mol. The molecule has 76 valence electrons. The molecule has 0 aliphatic heterocycles. The summed E-state index contributed by atoms with van der Waals surface area (Å²) in [4.78, 5) is 0. The van der Waals surface area contributed by atoms with Gasteiger partial charge in [0.1, 0.15) is 5.75 Å². The quantitative estimate of drug-likeness (QED) is 0.853. The van der Waals surface area contributed by atoms with Crippen molar-refractivity contribution in [1.29, 1.82) is 0 Å². The van der Waals surface area contributed by atoms with Crippen LogP contribution in [-0.4, -0.2) is 11.7 Å². The number of rotatable bonds is 2. The van der Waals surface area contributed by atoms with Crippen LogP contribution in [0.4, 0.5) is 0 Å². The highest BCUT2D eigenvalue weighted by atomic mass is 79.9. The molecule has 1 saturated carbocycles. The minimum atomic E-state index is 0.0559. The number of halogens is 1. The van der Waals surface area contributed by atoms with Crippen molar-refractivity contribution < 1.29 is 5.11 Å². The van der Waals surface area contributed by atoms with Crippen LogP contribution >= 0.6 is 15.9 Å². The van der Waals surface area contributed by atoms with Gasteiger partial charge in [-0.1, -0.05) is 12.1 Å². The van der Waals surface area contributed by atoms with E-state index in [9.17, 15) is 5.11 Å². The molecule has 1 aromatic rings. The molecule has 2 rings (SSSR count). The third kappa shape index (κ3) is 1.35. The molecule has 0 unspecified atom stereocenters. The van der Waals surface area contributed by atoms with Gasteiger partial charge in [-0.3, -0.25) is 0 Å². The molecule has 0 radical (unpaired) electrons. The molecule has 0 spiro atoms. The molecule has 1 fully saturated rings. The molecule has 1 aliphatic rings. The second-order valence-electron chi connectivity index (χ2n) is 4.08. The molecule has 0 atom stereocenters. The highest BCUT2D eigenvalue weighted by molar-refractivity contribution is 9.10. The zero-order chi connectivity index (χ0) is 10.3. The van der Waals surface area contributed by atoms with Gasteiger partial charge in [0.2, 0.25) is 0 Å². The maximum atomic E-state index is 9.98. The molecule has 3 N–H and O–H groups in total. The first-order valence-corrected chi connectivity index (χ1v) is 5.59. The van der Waals surface area contributed by atoms with Crippen molar-refractivity contribution in [3.05, 3.63) is 27.7 Å². The Morgan fingerprint density at radius 2 is 2.14 bits per heavy atom. The second kappa shape index (κ2) is 3.24. The fourth-order valence-corrected chi connectivity index (χ4v) is 2.17. The first kappa shape index (κ1) is 9.99. The Bertz CT molecular complexity index is 372. The predicted octanol–water partition coefficient (Wildman–Crippen LogP) is 2.45. The predicted molar refractivity (Wildman–Crippen MR) is 60.5 cm³/mol. The van der Waals surface area contributed by atoms with E-state index in [1.54, 1.807) is 0 Å². The molecule has 1 aromatic carbocycles. The first-order chi connectivity index (χ1) is 6.60. The minimum absolute atomic E-state index is 0.0559. The van der Waals surface area contributed by atoms with E-state index in [0.29, 0.717) is 12.3 Å². The Morgan fingerprint density at radius 1 is 1.50 bits per heavy atom. The van der Waals surface area contributed by atoms with E-state index < -0.39 is 0 Å².